The lowest BCUT2D eigenvalue weighted by atomic mass is 10.7. The Kier molecular flexibility index (Phi) is 1.05. The SMILES string of the molecule is CC1NCOO1. The molecule has 1 unspecified atom stereocenters. The van der Waals surface area contributed by atoms with Crippen molar-refractivity contribution >= 4 is 0 Å². The molecule has 1 aliphatic rings. The van der Waals surface area contributed by atoms with Crippen molar-refractivity contribution in [2.24, 2.45) is 0 Å². The van der Waals surface area contributed by atoms with Crippen LogP contribution in [-0.4, -0.2) is 13.0 Å². The van der Waals surface area contributed by atoms with Crippen LogP contribution >= 0.6 is 0 Å². The third-order valence-electron chi connectivity index (χ3n) is 0.642. The fraction of sp³-hybridized carbons (Fsp3) is 1.00. The van der Waals surface area contributed by atoms with E-state index in [0.717, 1.165) is 0 Å². The minimum Gasteiger partial charge on any atom is -0.264 e. The van der Waals surface area contributed by atoms with Crippen molar-refractivity contribution in [3.05, 3.63) is 0 Å². The second kappa shape index (κ2) is 1.55. The molecule has 1 aliphatic heterocycles. The van der Waals surface area contributed by atoms with E-state index in [9.17, 15) is 0 Å². The smallest absolute Gasteiger partial charge is 0.142 e. The summed E-state index contributed by atoms with van der Waals surface area (Å²) in [5.74, 6) is 0. The van der Waals surface area contributed by atoms with E-state index in [-0.39, 0.29) is 6.23 Å². The topological polar surface area (TPSA) is 30.5 Å². The maximum absolute atomic E-state index is 4.54. The van der Waals surface area contributed by atoms with Crippen LogP contribution in [0.1, 0.15) is 6.92 Å². The first-order valence-electron chi connectivity index (χ1n) is 1.91. The lowest BCUT2D eigenvalue weighted by Crippen LogP contribution is -2.17. The summed E-state index contributed by atoms with van der Waals surface area (Å²) in [6.07, 6.45) is 0.0741. The monoisotopic (exact) mass is 89.0 g/mol. The molecular weight excluding hydrogens is 82.0 g/mol. The molecule has 0 saturated carbocycles. The predicted molar refractivity (Wildman–Crippen MR) is 19.6 cm³/mol. The van der Waals surface area contributed by atoms with Crippen LogP contribution in [0.3, 0.4) is 0 Å². The van der Waals surface area contributed by atoms with Gasteiger partial charge < -0.3 is 0 Å². The van der Waals surface area contributed by atoms with Gasteiger partial charge in [0.25, 0.3) is 0 Å². The third-order valence-corrected chi connectivity index (χ3v) is 0.642. The van der Waals surface area contributed by atoms with Gasteiger partial charge in [-0.25, -0.2) is 9.78 Å². The van der Waals surface area contributed by atoms with Crippen LogP contribution in [0.2, 0.25) is 0 Å². The largest absolute Gasteiger partial charge is 0.264 e. The van der Waals surface area contributed by atoms with E-state index in [1.54, 1.807) is 0 Å². The Balaban J connectivity index is 2.18. The molecule has 1 rings (SSSR count). The zero-order chi connectivity index (χ0) is 4.41. The second-order valence-electron chi connectivity index (χ2n) is 1.20. The summed E-state index contributed by atoms with van der Waals surface area (Å²) in [4.78, 5) is 8.99. The van der Waals surface area contributed by atoms with Crippen molar-refractivity contribution in [1.82, 2.24) is 5.32 Å². The maximum atomic E-state index is 4.54. The fourth-order valence-electron chi connectivity index (χ4n) is 0.321. The van der Waals surface area contributed by atoms with E-state index in [1.165, 1.54) is 0 Å². The highest BCUT2D eigenvalue weighted by Crippen LogP contribution is 1.92. The highest BCUT2D eigenvalue weighted by molar-refractivity contribution is 4.40. The highest BCUT2D eigenvalue weighted by Gasteiger charge is 2.06. The zero-order valence-electron chi connectivity index (χ0n) is 3.60. The molecule has 1 N–H and O–H groups in total. The molecule has 1 saturated heterocycles. The molecule has 0 aliphatic carbocycles. The van der Waals surface area contributed by atoms with Crippen LogP contribution in [0, 0.1) is 0 Å². The normalized spacial score (nSPS) is 34.5. The fourth-order valence-corrected chi connectivity index (χ4v) is 0.321. The molecule has 1 heterocycles. The van der Waals surface area contributed by atoms with Gasteiger partial charge in [-0.3, -0.25) is 5.32 Å². The number of rotatable bonds is 0. The molecule has 6 heavy (non-hydrogen) atoms. The summed E-state index contributed by atoms with van der Waals surface area (Å²) in [7, 11) is 0. The number of hydrogen-bond donors (Lipinski definition) is 1. The highest BCUT2D eigenvalue weighted by atomic mass is 17.2. The third kappa shape index (κ3) is 0.680. The molecule has 3 heteroatoms. The van der Waals surface area contributed by atoms with Crippen molar-refractivity contribution in [2.45, 2.75) is 13.2 Å². The van der Waals surface area contributed by atoms with E-state index >= 15 is 0 Å². The van der Waals surface area contributed by atoms with E-state index in [1.807, 2.05) is 6.92 Å². The number of nitrogens with one attached hydrogen (secondary N) is 1. The minimum absolute atomic E-state index is 0.0741. The van der Waals surface area contributed by atoms with E-state index in [0.29, 0.717) is 6.73 Å². The summed E-state index contributed by atoms with van der Waals surface area (Å²) >= 11 is 0. The molecule has 36 valence electrons. The molecule has 0 bridgehead atoms. The average Bonchev–Trinajstić information content (AvgIpc) is 1.86. The molecule has 0 aromatic rings. The molecule has 3 nitrogen and oxygen atoms in total. The van der Waals surface area contributed by atoms with Crippen LogP contribution < -0.4 is 5.32 Å². The van der Waals surface area contributed by atoms with Gasteiger partial charge in [0.2, 0.25) is 0 Å². The van der Waals surface area contributed by atoms with Crippen LogP contribution in [0.25, 0.3) is 0 Å². The molecule has 0 radical (unpaired) electrons. The van der Waals surface area contributed by atoms with Gasteiger partial charge in [0.05, 0.1) is 0 Å². The van der Waals surface area contributed by atoms with Crippen LogP contribution in [-0.2, 0) is 9.78 Å². The van der Waals surface area contributed by atoms with Gasteiger partial charge in [0.15, 0.2) is 0 Å². The predicted octanol–water partition coefficient (Wildman–Crippen LogP) is -0.159. The lowest BCUT2D eigenvalue weighted by molar-refractivity contribution is -0.270. The van der Waals surface area contributed by atoms with Crippen molar-refractivity contribution in [3.63, 3.8) is 0 Å². The molecule has 0 aromatic carbocycles. The van der Waals surface area contributed by atoms with E-state index < -0.39 is 0 Å². The van der Waals surface area contributed by atoms with Gasteiger partial charge in [-0.2, -0.15) is 0 Å². The lowest BCUT2D eigenvalue weighted by Gasteiger charge is -1.91. The summed E-state index contributed by atoms with van der Waals surface area (Å²) in [5.41, 5.74) is 0. The summed E-state index contributed by atoms with van der Waals surface area (Å²) in [6, 6.07) is 0. The average molecular weight is 89.1 g/mol. The first-order valence-corrected chi connectivity index (χ1v) is 1.91. The molecule has 0 amide bonds. The van der Waals surface area contributed by atoms with Gasteiger partial charge in [-0.15, -0.1) is 0 Å². The van der Waals surface area contributed by atoms with Gasteiger partial charge >= 0.3 is 0 Å². The summed E-state index contributed by atoms with van der Waals surface area (Å²) in [6.45, 7) is 2.40. The Morgan fingerprint density at radius 1 is 1.83 bits per heavy atom. The van der Waals surface area contributed by atoms with Crippen molar-refractivity contribution in [1.29, 1.82) is 0 Å². The summed E-state index contributed by atoms with van der Waals surface area (Å²) in [5, 5.41) is 2.88. The molecule has 0 aromatic heterocycles. The Bertz CT molecular complexity index is 42.1. The molecule has 0 spiro atoms. The molecule has 1 fully saturated rings. The van der Waals surface area contributed by atoms with E-state index in [4.69, 9.17) is 0 Å². The number of hydrogen-bond acceptors (Lipinski definition) is 3. The van der Waals surface area contributed by atoms with E-state index in [2.05, 4.69) is 15.1 Å². The standard InChI is InChI=1S/C3H7NO2/c1-3-4-2-5-6-3/h3-4H,2H2,1H3. The molecular formula is C3H7NO2. The zero-order valence-corrected chi connectivity index (χ0v) is 3.60. The van der Waals surface area contributed by atoms with Gasteiger partial charge in [0, 0.05) is 0 Å². The van der Waals surface area contributed by atoms with Gasteiger partial charge in [0.1, 0.15) is 13.0 Å². The van der Waals surface area contributed by atoms with Gasteiger partial charge in [-0.1, -0.05) is 0 Å². The van der Waals surface area contributed by atoms with Crippen molar-refractivity contribution < 1.29 is 9.78 Å². The Hall–Kier alpha value is -0.120. The minimum atomic E-state index is 0.0741. The Morgan fingerprint density at radius 3 is 2.83 bits per heavy atom. The van der Waals surface area contributed by atoms with Gasteiger partial charge in [-0.05, 0) is 6.92 Å². The van der Waals surface area contributed by atoms with Crippen molar-refractivity contribution in [3.8, 4) is 0 Å². The Labute approximate surface area is 36.2 Å². The first kappa shape index (κ1) is 4.05. The van der Waals surface area contributed by atoms with Crippen LogP contribution in [0.4, 0.5) is 0 Å². The first-order chi connectivity index (χ1) is 2.89. The summed E-state index contributed by atoms with van der Waals surface area (Å²) < 4.78 is 0. The van der Waals surface area contributed by atoms with Crippen LogP contribution in [0.15, 0.2) is 0 Å². The van der Waals surface area contributed by atoms with Crippen molar-refractivity contribution in [2.75, 3.05) is 6.73 Å². The Morgan fingerprint density at radius 2 is 2.67 bits per heavy atom. The van der Waals surface area contributed by atoms with Crippen LogP contribution in [0.5, 0.6) is 0 Å². The second-order valence-corrected chi connectivity index (χ2v) is 1.20. The maximum Gasteiger partial charge on any atom is 0.142 e. The quantitative estimate of drug-likeness (QED) is 0.418. The molecule has 1 atom stereocenters.